The summed E-state index contributed by atoms with van der Waals surface area (Å²) >= 11 is 0. The minimum atomic E-state index is -0.768. The van der Waals surface area contributed by atoms with Crippen molar-refractivity contribution in [3.63, 3.8) is 0 Å². The molecule has 0 heterocycles. The fraction of sp³-hybridized carbons (Fsp3) is 0.556. The molecule has 0 bridgehead atoms. The van der Waals surface area contributed by atoms with Gasteiger partial charge in [0.25, 0.3) is 0 Å². The highest BCUT2D eigenvalue weighted by molar-refractivity contribution is 5.82. The Hall–Kier alpha value is -2.04. The summed E-state index contributed by atoms with van der Waals surface area (Å²) in [5.74, 6) is -0.368. The van der Waals surface area contributed by atoms with E-state index in [0.717, 1.165) is 17.7 Å². The minimum absolute atomic E-state index is 0.0412. The number of hydrogen-bond acceptors (Lipinski definition) is 3. The molecule has 5 heteroatoms. The van der Waals surface area contributed by atoms with Crippen molar-refractivity contribution in [2.75, 3.05) is 7.11 Å². The average molecular weight is 319 g/mol. The van der Waals surface area contributed by atoms with E-state index < -0.39 is 11.4 Å². The Morgan fingerprint density at radius 3 is 2.61 bits per heavy atom. The molecule has 1 aromatic carbocycles. The smallest absolute Gasteiger partial charge is 0.306 e. The van der Waals surface area contributed by atoms with Gasteiger partial charge in [-0.05, 0) is 37.3 Å². The van der Waals surface area contributed by atoms with E-state index in [9.17, 15) is 9.59 Å². The zero-order chi connectivity index (χ0) is 17.0. The van der Waals surface area contributed by atoms with Gasteiger partial charge in [-0.2, -0.15) is 0 Å². The Kier molecular flexibility index (Phi) is 5.29. The molecule has 0 unspecified atom stereocenters. The molecule has 1 fully saturated rings. The zero-order valence-electron chi connectivity index (χ0n) is 14.0. The number of hydrogen-bond donors (Lipinski definition) is 2. The first-order valence-corrected chi connectivity index (χ1v) is 7.99. The molecule has 1 aromatic rings. The van der Waals surface area contributed by atoms with Crippen molar-refractivity contribution >= 4 is 11.9 Å². The Bertz CT molecular complexity index is 582. The van der Waals surface area contributed by atoms with Crippen LogP contribution in [0.1, 0.15) is 38.7 Å². The standard InChI is InChI=1S/C18H25NO4/c1-18(2,11-13-6-4-5-7-15(13)23-3)17(22)19-14-9-8-12(10-14)16(20)21/h4-7,12,14H,8-11H2,1-3H3,(H,19,22)(H,20,21)/t12-,14+/m0/s1. The maximum absolute atomic E-state index is 12.6. The molecule has 2 atom stereocenters. The van der Waals surface area contributed by atoms with Gasteiger partial charge in [-0.25, -0.2) is 0 Å². The molecule has 1 aliphatic carbocycles. The number of rotatable bonds is 6. The summed E-state index contributed by atoms with van der Waals surface area (Å²) < 4.78 is 5.35. The lowest BCUT2D eigenvalue weighted by Gasteiger charge is -2.26. The van der Waals surface area contributed by atoms with Crippen LogP contribution in [0.2, 0.25) is 0 Å². The van der Waals surface area contributed by atoms with E-state index in [1.54, 1.807) is 7.11 Å². The van der Waals surface area contributed by atoms with E-state index in [-0.39, 0.29) is 17.9 Å². The van der Waals surface area contributed by atoms with Crippen molar-refractivity contribution in [1.29, 1.82) is 0 Å². The van der Waals surface area contributed by atoms with E-state index in [2.05, 4.69) is 5.32 Å². The van der Waals surface area contributed by atoms with Crippen LogP contribution < -0.4 is 10.1 Å². The number of carboxylic acid groups (broad SMARTS) is 1. The predicted octanol–water partition coefficient (Wildman–Crippen LogP) is 2.63. The number of amides is 1. The maximum atomic E-state index is 12.6. The Morgan fingerprint density at radius 1 is 1.30 bits per heavy atom. The van der Waals surface area contributed by atoms with Gasteiger partial charge in [0, 0.05) is 11.5 Å². The molecule has 0 radical (unpaired) electrons. The van der Waals surface area contributed by atoms with Crippen LogP contribution in [-0.2, 0) is 16.0 Å². The Balaban J connectivity index is 1.99. The molecule has 126 valence electrons. The van der Waals surface area contributed by atoms with Crippen LogP contribution >= 0.6 is 0 Å². The van der Waals surface area contributed by atoms with Crippen molar-refractivity contribution in [2.45, 2.75) is 45.6 Å². The van der Waals surface area contributed by atoms with Gasteiger partial charge in [0.15, 0.2) is 0 Å². The van der Waals surface area contributed by atoms with Crippen molar-refractivity contribution in [3.05, 3.63) is 29.8 Å². The van der Waals surface area contributed by atoms with Gasteiger partial charge in [0.2, 0.25) is 5.91 Å². The first kappa shape index (κ1) is 17.3. The summed E-state index contributed by atoms with van der Waals surface area (Å²) in [4.78, 5) is 23.6. The second-order valence-electron chi connectivity index (χ2n) is 6.89. The van der Waals surface area contributed by atoms with Gasteiger partial charge in [-0.3, -0.25) is 9.59 Å². The third-order valence-corrected chi connectivity index (χ3v) is 4.56. The van der Waals surface area contributed by atoms with E-state index in [1.165, 1.54) is 0 Å². The number of methoxy groups -OCH3 is 1. The molecule has 0 aliphatic heterocycles. The van der Waals surface area contributed by atoms with Gasteiger partial charge in [-0.15, -0.1) is 0 Å². The second-order valence-corrected chi connectivity index (χ2v) is 6.89. The maximum Gasteiger partial charge on any atom is 0.306 e. The molecule has 1 saturated carbocycles. The highest BCUT2D eigenvalue weighted by Crippen LogP contribution is 2.30. The number of benzene rings is 1. The topological polar surface area (TPSA) is 75.6 Å². The zero-order valence-corrected chi connectivity index (χ0v) is 14.0. The summed E-state index contributed by atoms with van der Waals surface area (Å²) in [5.41, 5.74) is 0.403. The summed E-state index contributed by atoms with van der Waals surface area (Å²) in [6.45, 7) is 3.80. The van der Waals surface area contributed by atoms with E-state index in [1.807, 2.05) is 38.1 Å². The van der Waals surface area contributed by atoms with Crippen LogP contribution in [0.25, 0.3) is 0 Å². The van der Waals surface area contributed by atoms with E-state index in [4.69, 9.17) is 9.84 Å². The monoisotopic (exact) mass is 319 g/mol. The minimum Gasteiger partial charge on any atom is -0.496 e. The summed E-state index contributed by atoms with van der Waals surface area (Å²) in [7, 11) is 1.62. The summed E-state index contributed by atoms with van der Waals surface area (Å²) in [5, 5.41) is 12.1. The first-order valence-electron chi connectivity index (χ1n) is 7.99. The van der Waals surface area contributed by atoms with E-state index in [0.29, 0.717) is 19.3 Å². The predicted molar refractivity (Wildman–Crippen MR) is 87.4 cm³/mol. The Labute approximate surface area is 137 Å². The lowest BCUT2D eigenvalue weighted by molar-refractivity contribution is -0.141. The molecule has 5 nitrogen and oxygen atoms in total. The number of carbonyl (C=O) groups excluding carboxylic acids is 1. The van der Waals surface area contributed by atoms with Gasteiger partial charge in [0.1, 0.15) is 5.75 Å². The van der Waals surface area contributed by atoms with Gasteiger partial charge in [-0.1, -0.05) is 32.0 Å². The van der Waals surface area contributed by atoms with Crippen LogP contribution in [0.4, 0.5) is 0 Å². The molecule has 1 amide bonds. The number of nitrogens with one attached hydrogen (secondary N) is 1. The van der Waals surface area contributed by atoms with Gasteiger partial charge < -0.3 is 15.2 Å². The summed E-state index contributed by atoms with van der Waals surface area (Å²) in [6.07, 6.45) is 2.45. The van der Waals surface area contributed by atoms with Crippen LogP contribution in [0.3, 0.4) is 0 Å². The third kappa shape index (κ3) is 4.24. The van der Waals surface area contributed by atoms with Crippen LogP contribution in [0, 0.1) is 11.3 Å². The molecule has 1 aliphatic rings. The Morgan fingerprint density at radius 2 is 2.00 bits per heavy atom. The SMILES string of the molecule is COc1ccccc1CC(C)(C)C(=O)N[C@@H]1CC[C@H](C(=O)O)C1. The first-order chi connectivity index (χ1) is 10.8. The van der Waals surface area contributed by atoms with Gasteiger partial charge in [0.05, 0.1) is 13.0 Å². The van der Waals surface area contributed by atoms with Crippen molar-refractivity contribution in [2.24, 2.45) is 11.3 Å². The second kappa shape index (κ2) is 7.02. The number of ether oxygens (including phenoxy) is 1. The number of carbonyl (C=O) groups is 2. The fourth-order valence-corrected chi connectivity index (χ4v) is 3.12. The summed E-state index contributed by atoms with van der Waals surface area (Å²) in [6, 6.07) is 7.64. The van der Waals surface area contributed by atoms with Crippen molar-refractivity contribution in [1.82, 2.24) is 5.32 Å². The van der Waals surface area contributed by atoms with Crippen LogP contribution in [-0.4, -0.2) is 30.1 Å². The van der Waals surface area contributed by atoms with Crippen molar-refractivity contribution in [3.8, 4) is 5.75 Å². The molecule has 0 saturated heterocycles. The van der Waals surface area contributed by atoms with Crippen LogP contribution in [0.15, 0.2) is 24.3 Å². The molecule has 2 rings (SSSR count). The molecule has 0 aromatic heterocycles. The number of para-hydroxylation sites is 1. The molecule has 0 spiro atoms. The van der Waals surface area contributed by atoms with E-state index >= 15 is 0 Å². The van der Waals surface area contributed by atoms with Crippen molar-refractivity contribution < 1.29 is 19.4 Å². The number of aliphatic carboxylic acids is 1. The highest BCUT2D eigenvalue weighted by atomic mass is 16.5. The lowest BCUT2D eigenvalue weighted by Crippen LogP contribution is -2.43. The van der Waals surface area contributed by atoms with Crippen LogP contribution in [0.5, 0.6) is 5.75 Å². The largest absolute Gasteiger partial charge is 0.496 e. The molecule has 23 heavy (non-hydrogen) atoms. The molecular formula is C18H25NO4. The lowest BCUT2D eigenvalue weighted by atomic mass is 9.84. The fourth-order valence-electron chi connectivity index (χ4n) is 3.12. The van der Waals surface area contributed by atoms with Gasteiger partial charge >= 0.3 is 5.97 Å². The normalized spacial score (nSPS) is 21.0. The molecular weight excluding hydrogens is 294 g/mol. The molecule has 2 N–H and O–H groups in total. The number of carboxylic acids is 1. The average Bonchev–Trinajstić information content (AvgIpc) is 2.96. The third-order valence-electron chi connectivity index (χ3n) is 4.56. The quantitative estimate of drug-likeness (QED) is 0.845. The highest BCUT2D eigenvalue weighted by Gasteiger charge is 2.35.